The van der Waals surface area contributed by atoms with Gasteiger partial charge in [-0.1, -0.05) is 11.6 Å². The van der Waals surface area contributed by atoms with Crippen LogP contribution in [0, 0.1) is 5.82 Å². The molecular formula is C13H9BrClFN2O. The zero-order chi connectivity index (χ0) is 14.0. The van der Waals surface area contributed by atoms with Crippen LogP contribution in [-0.2, 0) is 0 Å². The lowest BCUT2D eigenvalue weighted by Crippen LogP contribution is -2.14. The number of hydrogen-bond donors (Lipinski definition) is 2. The number of amides is 1. The summed E-state index contributed by atoms with van der Waals surface area (Å²) in [6, 6.07) is 8.74. The second-order valence-corrected chi connectivity index (χ2v) is 5.11. The minimum absolute atomic E-state index is 0.0202. The van der Waals surface area contributed by atoms with Crippen LogP contribution < -0.4 is 11.1 Å². The lowest BCUT2D eigenvalue weighted by Gasteiger charge is -2.09. The Morgan fingerprint density at radius 3 is 2.74 bits per heavy atom. The van der Waals surface area contributed by atoms with Crippen molar-refractivity contribution in [3.05, 3.63) is 57.3 Å². The fraction of sp³-hybridized carbons (Fsp3) is 0. The van der Waals surface area contributed by atoms with Crippen LogP contribution in [0.4, 0.5) is 15.8 Å². The van der Waals surface area contributed by atoms with Crippen molar-refractivity contribution in [2.24, 2.45) is 0 Å². The predicted molar refractivity (Wildman–Crippen MR) is 77.9 cm³/mol. The van der Waals surface area contributed by atoms with Gasteiger partial charge >= 0.3 is 0 Å². The molecule has 0 spiro atoms. The fourth-order valence-electron chi connectivity index (χ4n) is 1.50. The molecule has 0 aliphatic carbocycles. The SMILES string of the molecule is Nc1ccc(Br)c(C(=O)Nc2cc(Cl)ccc2F)c1. The van der Waals surface area contributed by atoms with E-state index in [0.29, 0.717) is 20.7 Å². The van der Waals surface area contributed by atoms with Gasteiger partial charge in [0.1, 0.15) is 5.82 Å². The van der Waals surface area contributed by atoms with Gasteiger partial charge < -0.3 is 11.1 Å². The number of nitrogens with one attached hydrogen (secondary N) is 1. The number of hydrogen-bond acceptors (Lipinski definition) is 2. The van der Waals surface area contributed by atoms with E-state index in [9.17, 15) is 9.18 Å². The van der Waals surface area contributed by atoms with Crippen molar-refractivity contribution in [2.45, 2.75) is 0 Å². The first-order valence-corrected chi connectivity index (χ1v) is 6.46. The second-order valence-electron chi connectivity index (χ2n) is 3.82. The van der Waals surface area contributed by atoms with Crippen molar-refractivity contribution < 1.29 is 9.18 Å². The summed E-state index contributed by atoms with van der Waals surface area (Å²) < 4.78 is 14.1. The van der Waals surface area contributed by atoms with E-state index in [1.54, 1.807) is 12.1 Å². The molecule has 2 rings (SSSR count). The molecule has 0 fully saturated rings. The summed E-state index contributed by atoms with van der Waals surface area (Å²) in [7, 11) is 0. The molecule has 0 aliphatic heterocycles. The van der Waals surface area contributed by atoms with Crippen LogP contribution in [0.5, 0.6) is 0 Å². The van der Waals surface area contributed by atoms with Crippen LogP contribution in [0.25, 0.3) is 0 Å². The fourth-order valence-corrected chi connectivity index (χ4v) is 2.10. The molecule has 0 saturated carbocycles. The third kappa shape index (κ3) is 3.24. The van der Waals surface area contributed by atoms with Gasteiger partial charge in [0.15, 0.2) is 0 Å². The summed E-state index contributed by atoms with van der Waals surface area (Å²) in [6.45, 7) is 0. The molecule has 0 radical (unpaired) electrons. The molecule has 0 aromatic heterocycles. The maximum Gasteiger partial charge on any atom is 0.256 e. The van der Waals surface area contributed by atoms with E-state index in [1.165, 1.54) is 24.3 Å². The van der Waals surface area contributed by atoms with Crippen molar-refractivity contribution in [1.29, 1.82) is 0 Å². The lowest BCUT2D eigenvalue weighted by atomic mass is 10.2. The summed E-state index contributed by atoms with van der Waals surface area (Å²) in [6.07, 6.45) is 0. The largest absolute Gasteiger partial charge is 0.399 e. The first kappa shape index (κ1) is 13.8. The van der Waals surface area contributed by atoms with Gasteiger partial charge in [0, 0.05) is 15.2 Å². The number of nitrogens with two attached hydrogens (primary N) is 1. The standard InChI is InChI=1S/C13H9BrClFN2O/c14-10-3-2-8(17)6-9(10)13(19)18-12-5-7(15)1-4-11(12)16/h1-6H,17H2,(H,18,19). The summed E-state index contributed by atoms with van der Waals surface area (Å²) in [4.78, 5) is 12.0. The van der Waals surface area contributed by atoms with E-state index in [4.69, 9.17) is 17.3 Å². The lowest BCUT2D eigenvalue weighted by molar-refractivity contribution is 0.102. The van der Waals surface area contributed by atoms with Gasteiger partial charge in [0.2, 0.25) is 0 Å². The van der Waals surface area contributed by atoms with E-state index >= 15 is 0 Å². The zero-order valence-electron chi connectivity index (χ0n) is 9.58. The first-order valence-electron chi connectivity index (χ1n) is 5.29. The summed E-state index contributed by atoms with van der Waals surface area (Å²) in [5, 5.41) is 2.79. The highest BCUT2D eigenvalue weighted by Gasteiger charge is 2.13. The Morgan fingerprint density at radius 2 is 2.00 bits per heavy atom. The number of rotatable bonds is 2. The molecule has 3 N–H and O–H groups in total. The summed E-state index contributed by atoms with van der Waals surface area (Å²) in [5.74, 6) is -1.03. The maximum atomic E-state index is 13.5. The molecule has 2 aromatic carbocycles. The van der Waals surface area contributed by atoms with Crippen molar-refractivity contribution in [1.82, 2.24) is 0 Å². The van der Waals surface area contributed by atoms with Gasteiger partial charge in [-0.15, -0.1) is 0 Å². The van der Waals surface area contributed by atoms with Crippen LogP contribution in [-0.4, -0.2) is 5.91 Å². The molecule has 1 amide bonds. The van der Waals surface area contributed by atoms with Gasteiger partial charge in [0.25, 0.3) is 5.91 Å². The van der Waals surface area contributed by atoms with Gasteiger partial charge in [-0.3, -0.25) is 4.79 Å². The molecule has 98 valence electrons. The Morgan fingerprint density at radius 1 is 1.26 bits per heavy atom. The van der Waals surface area contributed by atoms with Crippen LogP contribution in [0.2, 0.25) is 5.02 Å². The number of anilines is 2. The highest BCUT2D eigenvalue weighted by Crippen LogP contribution is 2.23. The van der Waals surface area contributed by atoms with Crippen LogP contribution >= 0.6 is 27.5 Å². The first-order chi connectivity index (χ1) is 8.97. The number of nitrogen functional groups attached to an aromatic ring is 1. The van der Waals surface area contributed by atoms with Gasteiger partial charge in [-0.05, 0) is 52.3 Å². The number of halogens is 3. The van der Waals surface area contributed by atoms with Crippen LogP contribution in [0.1, 0.15) is 10.4 Å². The molecule has 19 heavy (non-hydrogen) atoms. The van der Waals surface area contributed by atoms with E-state index in [0.717, 1.165) is 0 Å². The van der Waals surface area contributed by atoms with E-state index < -0.39 is 11.7 Å². The Hall–Kier alpha value is -1.59. The summed E-state index contributed by atoms with van der Waals surface area (Å²) >= 11 is 9.00. The van der Waals surface area contributed by atoms with Crippen LogP contribution in [0.3, 0.4) is 0 Å². The smallest absolute Gasteiger partial charge is 0.256 e. The van der Waals surface area contributed by atoms with Crippen molar-refractivity contribution >= 4 is 44.8 Å². The number of benzene rings is 2. The Kier molecular flexibility index (Phi) is 4.07. The van der Waals surface area contributed by atoms with Gasteiger partial charge in [-0.25, -0.2) is 4.39 Å². The van der Waals surface area contributed by atoms with Gasteiger partial charge in [0.05, 0.1) is 11.3 Å². The molecule has 0 atom stereocenters. The Labute approximate surface area is 122 Å². The topological polar surface area (TPSA) is 55.1 Å². The molecule has 6 heteroatoms. The van der Waals surface area contributed by atoms with Crippen molar-refractivity contribution in [3.8, 4) is 0 Å². The second kappa shape index (κ2) is 5.59. The van der Waals surface area contributed by atoms with Crippen molar-refractivity contribution in [2.75, 3.05) is 11.1 Å². The normalized spacial score (nSPS) is 10.3. The number of carbonyl (C=O) groups is 1. The van der Waals surface area contributed by atoms with E-state index in [-0.39, 0.29) is 5.69 Å². The van der Waals surface area contributed by atoms with Gasteiger partial charge in [-0.2, -0.15) is 0 Å². The Balaban J connectivity index is 2.30. The zero-order valence-corrected chi connectivity index (χ0v) is 11.9. The molecule has 2 aromatic rings. The molecule has 0 unspecified atom stereocenters. The molecular weight excluding hydrogens is 335 g/mol. The molecule has 0 aliphatic rings. The Bertz CT molecular complexity index is 649. The van der Waals surface area contributed by atoms with E-state index in [1.807, 2.05) is 0 Å². The molecule has 3 nitrogen and oxygen atoms in total. The van der Waals surface area contributed by atoms with Crippen LogP contribution in [0.15, 0.2) is 40.9 Å². The maximum absolute atomic E-state index is 13.5. The quantitative estimate of drug-likeness (QED) is 0.807. The van der Waals surface area contributed by atoms with Crippen molar-refractivity contribution in [3.63, 3.8) is 0 Å². The average molecular weight is 344 g/mol. The third-order valence-electron chi connectivity index (χ3n) is 2.41. The molecule has 0 heterocycles. The minimum Gasteiger partial charge on any atom is -0.399 e. The highest BCUT2D eigenvalue weighted by atomic mass is 79.9. The number of carbonyl (C=O) groups excluding carboxylic acids is 1. The monoisotopic (exact) mass is 342 g/mol. The van der Waals surface area contributed by atoms with E-state index in [2.05, 4.69) is 21.2 Å². The third-order valence-corrected chi connectivity index (χ3v) is 3.34. The molecule has 0 saturated heterocycles. The predicted octanol–water partition coefficient (Wildman–Crippen LogP) is 4.08. The minimum atomic E-state index is -0.558. The highest BCUT2D eigenvalue weighted by molar-refractivity contribution is 9.10. The average Bonchev–Trinajstić information content (AvgIpc) is 2.36. The molecule has 0 bridgehead atoms. The summed E-state index contributed by atoms with van der Waals surface area (Å²) in [5.41, 5.74) is 6.40.